The normalized spacial score (nSPS) is 10.4. The molecule has 0 unspecified atom stereocenters. The molecule has 0 spiro atoms. The molecule has 0 fully saturated rings. The second-order valence-electron chi connectivity index (χ2n) is 3.91. The molecule has 0 bridgehead atoms. The van der Waals surface area contributed by atoms with Crippen LogP contribution in [0, 0.1) is 6.92 Å². The Bertz CT molecular complexity index is 308. The van der Waals surface area contributed by atoms with Gasteiger partial charge in [-0.25, -0.2) is 0 Å². The van der Waals surface area contributed by atoms with Gasteiger partial charge in [0, 0.05) is 6.61 Å². The van der Waals surface area contributed by atoms with E-state index in [1.807, 2.05) is 0 Å². The zero-order valence-corrected chi connectivity index (χ0v) is 10.6. The van der Waals surface area contributed by atoms with Crippen LogP contribution < -0.4 is 4.74 Å². The molecule has 0 aromatic heterocycles. The highest BCUT2D eigenvalue weighted by Crippen LogP contribution is 2.19. The summed E-state index contributed by atoms with van der Waals surface area (Å²) < 4.78 is 11.1. The monoisotopic (exact) mass is 222 g/mol. The Morgan fingerprint density at radius 3 is 2.56 bits per heavy atom. The van der Waals surface area contributed by atoms with E-state index >= 15 is 0 Å². The molecule has 0 N–H and O–H groups in total. The minimum atomic E-state index is 0.633. The molecule has 2 nitrogen and oxygen atoms in total. The third-order valence-corrected chi connectivity index (χ3v) is 2.49. The average Bonchev–Trinajstić information content (AvgIpc) is 2.31. The fraction of sp³-hybridized carbons (Fsp3) is 0.571. The molecule has 0 atom stereocenters. The molecule has 1 aromatic carbocycles. The van der Waals surface area contributed by atoms with Gasteiger partial charge in [-0.2, -0.15) is 0 Å². The second-order valence-corrected chi connectivity index (χ2v) is 3.91. The van der Waals surface area contributed by atoms with Crippen molar-refractivity contribution < 1.29 is 9.47 Å². The molecule has 0 aliphatic carbocycles. The van der Waals surface area contributed by atoms with Crippen LogP contribution in [0.3, 0.4) is 0 Å². The van der Waals surface area contributed by atoms with Crippen LogP contribution in [0.5, 0.6) is 5.75 Å². The van der Waals surface area contributed by atoms with Gasteiger partial charge in [-0.05, 0) is 37.0 Å². The highest BCUT2D eigenvalue weighted by atomic mass is 16.5. The average molecular weight is 222 g/mol. The summed E-state index contributed by atoms with van der Waals surface area (Å²) >= 11 is 0. The third-order valence-electron chi connectivity index (χ3n) is 2.49. The van der Waals surface area contributed by atoms with Crippen molar-refractivity contribution in [3.63, 3.8) is 0 Å². The van der Waals surface area contributed by atoms with E-state index in [9.17, 15) is 0 Å². The number of hydrogen-bond donors (Lipinski definition) is 0. The number of rotatable bonds is 7. The van der Waals surface area contributed by atoms with E-state index in [1.54, 1.807) is 0 Å². The van der Waals surface area contributed by atoms with Crippen molar-refractivity contribution in [1.29, 1.82) is 0 Å². The van der Waals surface area contributed by atoms with Crippen LogP contribution in [0.15, 0.2) is 18.2 Å². The summed E-state index contributed by atoms with van der Waals surface area (Å²) in [7, 11) is 0. The van der Waals surface area contributed by atoms with E-state index in [0.29, 0.717) is 13.2 Å². The first kappa shape index (κ1) is 13.0. The van der Waals surface area contributed by atoms with E-state index in [4.69, 9.17) is 9.47 Å². The largest absolute Gasteiger partial charge is 0.491 e. The lowest BCUT2D eigenvalue weighted by Gasteiger charge is -2.10. The molecular weight excluding hydrogens is 200 g/mol. The first-order valence-corrected chi connectivity index (χ1v) is 6.08. The highest BCUT2D eigenvalue weighted by Gasteiger charge is 2.00. The second kappa shape index (κ2) is 7.29. The van der Waals surface area contributed by atoms with Crippen LogP contribution in [0.1, 0.15) is 31.4 Å². The zero-order chi connectivity index (χ0) is 11.8. The Morgan fingerprint density at radius 2 is 1.88 bits per heavy atom. The van der Waals surface area contributed by atoms with Gasteiger partial charge in [0.15, 0.2) is 0 Å². The maximum Gasteiger partial charge on any atom is 0.122 e. The van der Waals surface area contributed by atoms with Gasteiger partial charge in [-0.3, -0.25) is 0 Å². The molecule has 90 valence electrons. The molecule has 0 aliphatic heterocycles. The Hall–Kier alpha value is -1.02. The summed E-state index contributed by atoms with van der Waals surface area (Å²) in [5.74, 6) is 0.986. The first-order valence-electron chi connectivity index (χ1n) is 6.08. The van der Waals surface area contributed by atoms with Crippen LogP contribution in [0.2, 0.25) is 0 Å². The summed E-state index contributed by atoms with van der Waals surface area (Å²) in [6.07, 6.45) is 2.10. The predicted molar refractivity (Wildman–Crippen MR) is 67.2 cm³/mol. The van der Waals surface area contributed by atoms with E-state index in [0.717, 1.165) is 25.2 Å². The summed E-state index contributed by atoms with van der Waals surface area (Å²) in [4.78, 5) is 0. The molecule has 1 rings (SSSR count). The van der Waals surface area contributed by atoms with Gasteiger partial charge in [0.1, 0.15) is 12.4 Å². The smallest absolute Gasteiger partial charge is 0.122 e. The van der Waals surface area contributed by atoms with E-state index in [1.165, 1.54) is 11.1 Å². The SMILES string of the molecule is CCCOCCOc1cc(CC)ccc1C. The molecule has 0 saturated heterocycles. The lowest BCUT2D eigenvalue weighted by atomic mass is 10.1. The van der Waals surface area contributed by atoms with Gasteiger partial charge in [-0.1, -0.05) is 26.0 Å². The van der Waals surface area contributed by atoms with Crippen molar-refractivity contribution in [3.05, 3.63) is 29.3 Å². The van der Waals surface area contributed by atoms with Gasteiger partial charge in [0.2, 0.25) is 0 Å². The molecule has 16 heavy (non-hydrogen) atoms. The molecule has 0 heterocycles. The van der Waals surface area contributed by atoms with Gasteiger partial charge in [0.25, 0.3) is 0 Å². The number of hydrogen-bond acceptors (Lipinski definition) is 2. The summed E-state index contributed by atoms with van der Waals surface area (Å²) in [5.41, 5.74) is 2.50. The highest BCUT2D eigenvalue weighted by molar-refractivity contribution is 5.36. The quantitative estimate of drug-likeness (QED) is 0.659. The molecule has 0 radical (unpaired) electrons. The summed E-state index contributed by atoms with van der Waals surface area (Å²) in [5, 5.41) is 0. The van der Waals surface area contributed by atoms with Gasteiger partial charge in [-0.15, -0.1) is 0 Å². The zero-order valence-electron chi connectivity index (χ0n) is 10.6. The lowest BCUT2D eigenvalue weighted by molar-refractivity contribution is 0.100. The van der Waals surface area contributed by atoms with E-state index in [2.05, 4.69) is 39.0 Å². The fourth-order valence-electron chi connectivity index (χ4n) is 1.48. The first-order chi connectivity index (χ1) is 7.77. The van der Waals surface area contributed by atoms with Crippen molar-refractivity contribution in [2.75, 3.05) is 19.8 Å². The summed E-state index contributed by atoms with van der Waals surface area (Å²) in [6, 6.07) is 6.38. The Balaban J connectivity index is 2.40. The summed E-state index contributed by atoms with van der Waals surface area (Å²) in [6.45, 7) is 8.45. The Labute approximate surface area is 98.6 Å². The standard InChI is InChI=1S/C14H22O2/c1-4-8-15-9-10-16-14-11-13(5-2)7-6-12(14)3/h6-7,11H,4-5,8-10H2,1-3H3. The van der Waals surface area contributed by atoms with E-state index in [-0.39, 0.29) is 0 Å². The van der Waals surface area contributed by atoms with Gasteiger partial charge >= 0.3 is 0 Å². The van der Waals surface area contributed by atoms with Gasteiger partial charge in [0.05, 0.1) is 6.61 Å². The topological polar surface area (TPSA) is 18.5 Å². The molecule has 0 saturated carbocycles. The maximum absolute atomic E-state index is 5.70. The number of benzene rings is 1. The lowest BCUT2D eigenvalue weighted by Crippen LogP contribution is -2.08. The minimum absolute atomic E-state index is 0.633. The van der Waals surface area contributed by atoms with Crippen molar-refractivity contribution in [3.8, 4) is 5.75 Å². The molecular formula is C14H22O2. The van der Waals surface area contributed by atoms with Crippen LogP contribution in [-0.4, -0.2) is 19.8 Å². The van der Waals surface area contributed by atoms with Crippen molar-refractivity contribution in [2.24, 2.45) is 0 Å². The molecule has 2 heteroatoms. The van der Waals surface area contributed by atoms with Crippen LogP contribution >= 0.6 is 0 Å². The number of ether oxygens (including phenoxy) is 2. The van der Waals surface area contributed by atoms with Crippen LogP contribution in [-0.2, 0) is 11.2 Å². The fourth-order valence-corrected chi connectivity index (χ4v) is 1.48. The maximum atomic E-state index is 5.70. The Morgan fingerprint density at radius 1 is 1.06 bits per heavy atom. The van der Waals surface area contributed by atoms with Crippen LogP contribution in [0.25, 0.3) is 0 Å². The number of aryl methyl sites for hydroxylation is 2. The molecule has 1 aromatic rings. The third kappa shape index (κ3) is 4.23. The van der Waals surface area contributed by atoms with Crippen molar-refractivity contribution in [2.45, 2.75) is 33.6 Å². The predicted octanol–water partition coefficient (Wildman–Crippen LogP) is 3.36. The molecule has 0 aliphatic rings. The minimum Gasteiger partial charge on any atom is -0.491 e. The Kier molecular flexibility index (Phi) is 5.94. The van der Waals surface area contributed by atoms with E-state index < -0.39 is 0 Å². The van der Waals surface area contributed by atoms with Gasteiger partial charge < -0.3 is 9.47 Å². The van der Waals surface area contributed by atoms with Crippen molar-refractivity contribution >= 4 is 0 Å². The van der Waals surface area contributed by atoms with Crippen LogP contribution in [0.4, 0.5) is 0 Å². The van der Waals surface area contributed by atoms with Crippen molar-refractivity contribution in [1.82, 2.24) is 0 Å². The molecule has 0 amide bonds.